The molecule has 0 aliphatic carbocycles. The molecule has 1 N–H and O–H groups in total. The molecule has 0 aliphatic heterocycles. The summed E-state index contributed by atoms with van der Waals surface area (Å²) in [5.41, 5.74) is -0.218. The number of quaternary nitrogens is 1. The summed E-state index contributed by atoms with van der Waals surface area (Å²) in [6.45, 7) is 10.5. The Morgan fingerprint density at radius 1 is 1.35 bits per heavy atom. The van der Waals surface area contributed by atoms with Crippen LogP contribution in [0.1, 0.15) is 31.3 Å². The van der Waals surface area contributed by atoms with Gasteiger partial charge in [0.15, 0.2) is 0 Å². The van der Waals surface area contributed by atoms with Gasteiger partial charge in [0.1, 0.15) is 5.69 Å². The van der Waals surface area contributed by atoms with Gasteiger partial charge in [-0.3, -0.25) is 4.98 Å². The summed E-state index contributed by atoms with van der Waals surface area (Å²) < 4.78 is 0. The number of nitrogens with zero attached hydrogens (tertiary/aromatic N) is 1. The molecule has 0 unspecified atom stereocenters. The number of rotatable bonds is 4. The second kappa shape index (κ2) is 8.96. The Morgan fingerprint density at radius 3 is 2.12 bits per heavy atom. The van der Waals surface area contributed by atoms with Crippen molar-refractivity contribution < 1.29 is 14.8 Å². The van der Waals surface area contributed by atoms with Gasteiger partial charge in [-0.1, -0.05) is 11.6 Å². The second-order valence-electron chi connectivity index (χ2n) is 3.43. The van der Waals surface area contributed by atoms with Gasteiger partial charge < -0.3 is 14.8 Å². The highest BCUT2D eigenvalue weighted by molar-refractivity contribution is 6.33. The SMILES string of the molecule is CC[NH+](CC)CC.O=C([O-])c1ncccc1Cl. The fourth-order valence-corrected chi connectivity index (χ4v) is 1.48. The standard InChI is InChI=1S/C6H4ClNO2.C6H15N/c7-4-2-1-3-8-5(4)6(9)10;1-4-7(5-2)6-3/h1-3H,(H,9,10);4-6H2,1-3H3. The number of carboxylic acids is 1. The highest BCUT2D eigenvalue weighted by atomic mass is 35.5. The first-order valence-corrected chi connectivity index (χ1v) is 6.09. The Labute approximate surface area is 107 Å². The molecule has 1 rings (SSSR count). The molecule has 0 radical (unpaired) electrons. The third kappa shape index (κ3) is 6.24. The van der Waals surface area contributed by atoms with Crippen molar-refractivity contribution in [2.75, 3.05) is 19.6 Å². The van der Waals surface area contributed by atoms with Crippen LogP contribution in [0.15, 0.2) is 18.3 Å². The minimum Gasteiger partial charge on any atom is -0.543 e. The largest absolute Gasteiger partial charge is 0.543 e. The van der Waals surface area contributed by atoms with Gasteiger partial charge in [0.05, 0.1) is 30.6 Å². The van der Waals surface area contributed by atoms with Crippen molar-refractivity contribution in [1.82, 2.24) is 4.98 Å². The molecule has 1 heterocycles. The Hall–Kier alpha value is -1.13. The van der Waals surface area contributed by atoms with Crippen LogP contribution in [0.3, 0.4) is 0 Å². The predicted molar refractivity (Wildman–Crippen MR) is 66.2 cm³/mol. The molecular weight excluding hydrogens is 240 g/mol. The number of pyridine rings is 1. The Bertz CT molecular complexity index is 336. The van der Waals surface area contributed by atoms with E-state index in [9.17, 15) is 9.90 Å². The van der Waals surface area contributed by atoms with E-state index in [0.717, 1.165) is 0 Å². The maximum Gasteiger partial charge on any atom is 0.104 e. The number of nitrogens with one attached hydrogen (secondary N) is 1. The Morgan fingerprint density at radius 2 is 1.88 bits per heavy atom. The van der Waals surface area contributed by atoms with E-state index in [0.29, 0.717) is 0 Å². The summed E-state index contributed by atoms with van der Waals surface area (Å²) in [6, 6.07) is 2.99. The Balaban J connectivity index is 0.000000325. The van der Waals surface area contributed by atoms with E-state index in [-0.39, 0.29) is 10.7 Å². The zero-order valence-corrected chi connectivity index (χ0v) is 11.3. The summed E-state index contributed by atoms with van der Waals surface area (Å²) in [7, 11) is 0. The van der Waals surface area contributed by atoms with Crippen LogP contribution in [0, 0.1) is 0 Å². The van der Waals surface area contributed by atoms with Gasteiger partial charge in [0.25, 0.3) is 0 Å². The molecule has 0 atom stereocenters. The zero-order chi connectivity index (χ0) is 13.3. The van der Waals surface area contributed by atoms with Crippen LogP contribution in [-0.4, -0.2) is 30.6 Å². The van der Waals surface area contributed by atoms with Gasteiger partial charge in [0, 0.05) is 6.20 Å². The molecule has 0 saturated carbocycles. The van der Waals surface area contributed by atoms with Crippen molar-refractivity contribution in [3.05, 3.63) is 29.0 Å². The normalized spacial score (nSPS) is 9.71. The highest BCUT2D eigenvalue weighted by Gasteiger charge is 1.98. The van der Waals surface area contributed by atoms with E-state index in [4.69, 9.17) is 11.6 Å². The zero-order valence-electron chi connectivity index (χ0n) is 10.5. The summed E-state index contributed by atoms with van der Waals surface area (Å²) in [5.74, 6) is -1.36. The number of carboxylic acid groups (broad SMARTS) is 1. The van der Waals surface area contributed by atoms with Gasteiger partial charge in [-0.25, -0.2) is 0 Å². The molecule has 0 amide bonds. The summed E-state index contributed by atoms with van der Waals surface area (Å²) >= 11 is 5.44. The predicted octanol–water partition coefficient (Wildman–Crippen LogP) is 0.0295. The maximum atomic E-state index is 10.2. The first-order chi connectivity index (χ1) is 8.06. The topological polar surface area (TPSA) is 57.5 Å². The monoisotopic (exact) mass is 258 g/mol. The van der Waals surface area contributed by atoms with Crippen LogP contribution in [0.2, 0.25) is 5.02 Å². The van der Waals surface area contributed by atoms with Crippen LogP contribution in [0.5, 0.6) is 0 Å². The number of aromatic carboxylic acids is 1. The lowest BCUT2D eigenvalue weighted by Crippen LogP contribution is -3.11. The number of aromatic nitrogens is 1. The summed E-state index contributed by atoms with van der Waals surface area (Å²) in [6.07, 6.45) is 1.34. The average molecular weight is 259 g/mol. The van der Waals surface area contributed by atoms with Crippen molar-refractivity contribution in [1.29, 1.82) is 0 Å². The first kappa shape index (κ1) is 15.9. The van der Waals surface area contributed by atoms with Crippen molar-refractivity contribution in [2.24, 2.45) is 0 Å². The highest BCUT2D eigenvalue weighted by Crippen LogP contribution is 2.10. The van der Waals surface area contributed by atoms with E-state index in [2.05, 4.69) is 25.8 Å². The van der Waals surface area contributed by atoms with Crippen LogP contribution < -0.4 is 10.0 Å². The molecule has 5 heteroatoms. The van der Waals surface area contributed by atoms with Crippen LogP contribution in [0.4, 0.5) is 0 Å². The van der Waals surface area contributed by atoms with Gasteiger partial charge in [0.2, 0.25) is 0 Å². The molecular formula is C12H19ClN2O2. The van der Waals surface area contributed by atoms with Crippen molar-refractivity contribution in [3.63, 3.8) is 0 Å². The third-order valence-corrected chi connectivity index (χ3v) is 2.76. The van der Waals surface area contributed by atoms with Gasteiger partial charge >= 0.3 is 0 Å². The second-order valence-corrected chi connectivity index (χ2v) is 3.84. The minimum atomic E-state index is -1.36. The van der Waals surface area contributed by atoms with Crippen LogP contribution >= 0.6 is 11.6 Å². The van der Waals surface area contributed by atoms with Gasteiger partial charge in [-0.2, -0.15) is 0 Å². The molecule has 4 nitrogen and oxygen atoms in total. The lowest BCUT2D eigenvalue weighted by Gasteiger charge is -2.10. The van der Waals surface area contributed by atoms with Gasteiger partial charge in [-0.05, 0) is 32.9 Å². The van der Waals surface area contributed by atoms with Crippen molar-refractivity contribution in [2.45, 2.75) is 20.8 Å². The number of carbonyl (C=O) groups is 1. The molecule has 1 aromatic rings. The fourth-order valence-electron chi connectivity index (χ4n) is 1.29. The van der Waals surface area contributed by atoms with E-state index >= 15 is 0 Å². The van der Waals surface area contributed by atoms with Crippen molar-refractivity contribution in [3.8, 4) is 0 Å². The molecule has 0 fully saturated rings. The van der Waals surface area contributed by atoms with E-state index in [1.807, 2.05) is 0 Å². The van der Waals surface area contributed by atoms with E-state index in [1.54, 1.807) is 11.0 Å². The molecule has 0 aliphatic rings. The number of hydrogen-bond acceptors (Lipinski definition) is 3. The van der Waals surface area contributed by atoms with Crippen molar-refractivity contribution >= 4 is 17.6 Å². The lowest BCUT2D eigenvalue weighted by atomic mass is 10.3. The smallest absolute Gasteiger partial charge is 0.104 e. The molecule has 1 aromatic heterocycles. The van der Waals surface area contributed by atoms with Crippen LogP contribution in [-0.2, 0) is 0 Å². The third-order valence-electron chi connectivity index (χ3n) is 2.45. The molecule has 0 spiro atoms. The minimum absolute atomic E-state index is 0.0995. The Kier molecular flexibility index (Phi) is 8.36. The molecule has 0 bridgehead atoms. The average Bonchev–Trinajstić information content (AvgIpc) is 2.32. The van der Waals surface area contributed by atoms with Crippen LogP contribution in [0.25, 0.3) is 0 Å². The molecule has 17 heavy (non-hydrogen) atoms. The maximum absolute atomic E-state index is 10.2. The number of carbonyl (C=O) groups excluding carboxylic acids is 1. The van der Waals surface area contributed by atoms with Gasteiger partial charge in [-0.15, -0.1) is 0 Å². The quantitative estimate of drug-likeness (QED) is 0.829. The molecule has 0 saturated heterocycles. The summed E-state index contributed by atoms with van der Waals surface area (Å²) in [4.78, 5) is 15.3. The van der Waals surface area contributed by atoms with E-state index < -0.39 is 5.97 Å². The molecule has 96 valence electrons. The lowest BCUT2D eigenvalue weighted by molar-refractivity contribution is -0.894. The molecule has 0 aromatic carbocycles. The number of halogens is 1. The first-order valence-electron chi connectivity index (χ1n) is 5.72. The van der Waals surface area contributed by atoms with E-state index in [1.165, 1.54) is 31.9 Å². The fraction of sp³-hybridized carbons (Fsp3) is 0.500. The number of hydrogen-bond donors (Lipinski definition) is 1. The summed E-state index contributed by atoms with van der Waals surface area (Å²) in [5, 5.41) is 10.3.